The van der Waals surface area contributed by atoms with Crippen molar-refractivity contribution in [3.05, 3.63) is 76.3 Å². The number of imidazole rings is 1. The van der Waals surface area contributed by atoms with Crippen LogP contribution < -0.4 is 4.72 Å². The standard InChI is InChI=1S/C17H10Cl2F3N3O3S/c18-11-2-1-3-13(8-11)29(27,28)24-16(26)14-15(19)25(9-23-14)12-6-4-10(5-7-12)17(20,21)22/h1-9H,(H,24,26). The number of carbonyl (C=O) groups is 1. The van der Waals surface area contributed by atoms with Crippen molar-refractivity contribution in [2.24, 2.45) is 0 Å². The molecule has 12 heteroatoms. The summed E-state index contributed by atoms with van der Waals surface area (Å²) in [5.74, 6) is -1.11. The van der Waals surface area contributed by atoms with Gasteiger partial charge in [0.25, 0.3) is 15.9 Å². The summed E-state index contributed by atoms with van der Waals surface area (Å²) in [6.07, 6.45) is -3.41. The molecule has 29 heavy (non-hydrogen) atoms. The van der Waals surface area contributed by atoms with Crippen molar-refractivity contribution in [3.8, 4) is 5.69 Å². The van der Waals surface area contributed by atoms with Gasteiger partial charge in [0, 0.05) is 10.7 Å². The van der Waals surface area contributed by atoms with Gasteiger partial charge in [-0.1, -0.05) is 29.3 Å². The van der Waals surface area contributed by atoms with E-state index in [2.05, 4.69) is 4.98 Å². The summed E-state index contributed by atoms with van der Waals surface area (Å²) in [6.45, 7) is 0. The Morgan fingerprint density at radius 2 is 1.72 bits per heavy atom. The first-order valence-corrected chi connectivity index (χ1v) is 9.96. The predicted octanol–water partition coefficient (Wildman–Crippen LogP) is 4.32. The molecule has 0 fully saturated rings. The van der Waals surface area contributed by atoms with Gasteiger partial charge in [-0.3, -0.25) is 9.36 Å². The van der Waals surface area contributed by atoms with Crippen molar-refractivity contribution < 1.29 is 26.4 Å². The monoisotopic (exact) mass is 463 g/mol. The molecule has 152 valence electrons. The zero-order valence-corrected chi connectivity index (χ0v) is 16.4. The third-order valence-corrected chi connectivity index (χ3v) is 5.66. The quantitative estimate of drug-likeness (QED) is 0.624. The number of sulfonamides is 1. The third-order valence-electron chi connectivity index (χ3n) is 3.73. The maximum atomic E-state index is 12.7. The number of halogens is 5. The van der Waals surface area contributed by atoms with E-state index >= 15 is 0 Å². The van der Waals surface area contributed by atoms with Crippen LogP contribution in [0, 0.1) is 0 Å². The number of rotatable bonds is 4. The predicted molar refractivity (Wildman–Crippen MR) is 99.7 cm³/mol. The van der Waals surface area contributed by atoms with Crippen molar-refractivity contribution in [2.45, 2.75) is 11.1 Å². The molecule has 1 aromatic heterocycles. The molecule has 0 saturated heterocycles. The fraction of sp³-hybridized carbons (Fsp3) is 0.0588. The highest BCUT2D eigenvalue weighted by Crippen LogP contribution is 2.30. The van der Waals surface area contributed by atoms with E-state index in [1.807, 2.05) is 4.72 Å². The molecular weight excluding hydrogens is 454 g/mol. The highest BCUT2D eigenvalue weighted by molar-refractivity contribution is 7.90. The maximum Gasteiger partial charge on any atom is 0.416 e. The van der Waals surface area contributed by atoms with Crippen LogP contribution in [0.25, 0.3) is 5.69 Å². The van der Waals surface area contributed by atoms with Crippen molar-refractivity contribution in [1.82, 2.24) is 14.3 Å². The molecule has 2 aromatic carbocycles. The van der Waals surface area contributed by atoms with Gasteiger partial charge in [-0.2, -0.15) is 13.2 Å². The number of amides is 1. The third kappa shape index (κ3) is 4.55. The zero-order chi connectivity index (χ0) is 21.4. The van der Waals surface area contributed by atoms with Crippen LogP contribution in [0.2, 0.25) is 10.2 Å². The molecule has 0 aliphatic heterocycles. The van der Waals surface area contributed by atoms with Gasteiger partial charge in [-0.15, -0.1) is 0 Å². The number of hydrogen-bond donors (Lipinski definition) is 1. The fourth-order valence-corrected chi connectivity index (χ4v) is 3.87. The molecule has 0 atom stereocenters. The summed E-state index contributed by atoms with van der Waals surface area (Å²) < 4.78 is 65.6. The molecule has 0 radical (unpaired) electrons. The van der Waals surface area contributed by atoms with Crippen LogP contribution in [-0.4, -0.2) is 23.9 Å². The average Bonchev–Trinajstić information content (AvgIpc) is 3.02. The largest absolute Gasteiger partial charge is 0.416 e. The molecule has 6 nitrogen and oxygen atoms in total. The van der Waals surface area contributed by atoms with Crippen LogP contribution >= 0.6 is 23.2 Å². The Bertz CT molecular complexity index is 1180. The number of aromatic nitrogens is 2. The second-order valence-electron chi connectivity index (χ2n) is 5.69. The van der Waals surface area contributed by atoms with Gasteiger partial charge in [0.05, 0.1) is 10.5 Å². The molecule has 0 spiro atoms. The number of hydrogen-bond acceptors (Lipinski definition) is 4. The molecule has 0 aliphatic carbocycles. The minimum Gasteiger partial charge on any atom is -0.289 e. The first kappa shape index (κ1) is 21.2. The van der Waals surface area contributed by atoms with Gasteiger partial charge in [-0.25, -0.2) is 18.1 Å². The first-order chi connectivity index (χ1) is 13.5. The lowest BCUT2D eigenvalue weighted by molar-refractivity contribution is -0.137. The Hall–Kier alpha value is -2.56. The number of alkyl halides is 3. The SMILES string of the molecule is O=C(NS(=O)(=O)c1cccc(Cl)c1)c1ncn(-c2ccc(C(F)(F)F)cc2)c1Cl. The van der Waals surface area contributed by atoms with Gasteiger partial charge in [0.2, 0.25) is 0 Å². The van der Waals surface area contributed by atoms with Crippen LogP contribution in [0.3, 0.4) is 0 Å². The van der Waals surface area contributed by atoms with E-state index in [-0.39, 0.29) is 20.8 Å². The molecule has 3 aromatic rings. The molecule has 0 bridgehead atoms. The summed E-state index contributed by atoms with van der Waals surface area (Å²) in [5, 5.41) is -0.117. The fourth-order valence-electron chi connectivity index (χ4n) is 2.34. The Balaban J connectivity index is 1.86. The second-order valence-corrected chi connectivity index (χ2v) is 8.17. The number of benzene rings is 2. The van der Waals surface area contributed by atoms with E-state index in [1.54, 1.807) is 0 Å². The Morgan fingerprint density at radius 1 is 1.07 bits per heavy atom. The maximum absolute atomic E-state index is 12.7. The van der Waals surface area contributed by atoms with E-state index in [9.17, 15) is 26.4 Å². The highest BCUT2D eigenvalue weighted by atomic mass is 35.5. The number of carbonyl (C=O) groups excluding carboxylic acids is 1. The van der Waals surface area contributed by atoms with E-state index in [0.717, 1.165) is 41.2 Å². The Labute approximate surface area is 172 Å². The summed E-state index contributed by atoms with van der Waals surface area (Å²) in [4.78, 5) is 15.9. The van der Waals surface area contributed by atoms with E-state index in [0.29, 0.717) is 0 Å². The van der Waals surface area contributed by atoms with Gasteiger partial charge in [0.15, 0.2) is 5.69 Å². The molecule has 0 aliphatic rings. The minimum atomic E-state index is -4.50. The highest BCUT2D eigenvalue weighted by Gasteiger charge is 2.30. The van der Waals surface area contributed by atoms with Gasteiger partial charge < -0.3 is 0 Å². The van der Waals surface area contributed by atoms with E-state index < -0.39 is 33.4 Å². The summed E-state index contributed by atoms with van der Waals surface area (Å²) >= 11 is 11.8. The van der Waals surface area contributed by atoms with Gasteiger partial charge >= 0.3 is 6.18 Å². The molecule has 1 amide bonds. The lowest BCUT2D eigenvalue weighted by Crippen LogP contribution is -2.31. The van der Waals surface area contributed by atoms with Crippen molar-refractivity contribution in [1.29, 1.82) is 0 Å². The molecule has 0 saturated carbocycles. The van der Waals surface area contributed by atoms with Crippen molar-refractivity contribution in [3.63, 3.8) is 0 Å². The normalized spacial score (nSPS) is 12.0. The molecular formula is C17H10Cl2F3N3O3S. The first-order valence-electron chi connectivity index (χ1n) is 7.72. The summed E-state index contributed by atoms with van der Waals surface area (Å²) in [6, 6.07) is 9.22. The Kier molecular flexibility index (Phi) is 5.61. The van der Waals surface area contributed by atoms with Crippen LogP contribution in [0.15, 0.2) is 59.8 Å². The molecule has 3 rings (SSSR count). The van der Waals surface area contributed by atoms with Crippen molar-refractivity contribution in [2.75, 3.05) is 0 Å². The Morgan fingerprint density at radius 3 is 2.31 bits per heavy atom. The van der Waals surface area contributed by atoms with Crippen LogP contribution in [0.1, 0.15) is 16.1 Å². The number of nitrogens with zero attached hydrogens (tertiary/aromatic N) is 2. The lowest BCUT2D eigenvalue weighted by Gasteiger charge is -2.09. The van der Waals surface area contributed by atoms with Crippen LogP contribution in [0.5, 0.6) is 0 Å². The van der Waals surface area contributed by atoms with Crippen LogP contribution in [-0.2, 0) is 16.2 Å². The van der Waals surface area contributed by atoms with Crippen LogP contribution in [0.4, 0.5) is 13.2 Å². The van der Waals surface area contributed by atoms with Gasteiger partial charge in [0.1, 0.15) is 11.5 Å². The molecule has 1 heterocycles. The van der Waals surface area contributed by atoms with E-state index in [4.69, 9.17) is 23.2 Å². The average molecular weight is 464 g/mol. The summed E-state index contributed by atoms with van der Waals surface area (Å²) in [7, 11) is -4.24. The smallest absolute Gasteiger partial charge is 0.289 e. The minimum absolute atomic E-state index is 0.157. The number of nitrogens with one attached hydrogen (secondary N) is 1. The van der Waals surface area contributed by atoms with Gasteiger partial charge in [-0.05, 0) is 42.5 Å². The molecule has 1 N–H and O–H groups in total. The lowest BCUT2D eigenvalue weighted by atomic mass is 10.2. The zero-order valence-electron chi connectivity index (χ0n) is 14.1. The topological polar surface area (TPSA) is 81.1 Å². The summed E-state index contributed by atoms with van der Waals surface area (Å²) in [5.41, 5.74) is -1.08. The van der Waals surface area contributed by atoms with E-state index in [1.165, 1.54) is 18.2 Å². The second kappa shape index (κ2) is 7.69. The molecule has 0 unspecified atom stereocenters. The van der Waals surface area contributed by atoms with Crippen molar-refractivity contribution >= 4 is 39.1 Å².